The van der Waals surface area contributed by atoms with Gasteiger partial charge in [0.25, 0.3) is 5.69 Å². The number of hydrogen-bond donors (Lipinski definition) is 1. The molecular weight excluding hydrogens is 384 g/mol. The lowest BCUT2D eigenvalue weighted by Crippen LogP contribution is -2.20. The lowest BCUT2D eigenvalue weighted by atomic mass is 9.98. The third-order valence-electron chi connectivity index (χ3n) is 4.64. The van der Waals surface area contributed by atoms with Crippen molar-refractivity contribution in [2.24, 2.45) is 0 Å². The van der Waals surface area contributed by atoms with Crippen LogP contribution in [-0.2, 0) is 4.74 Å². The van der Waals surface area contributed by atoms with Crippen molar-refractivity contribution in [3.63, 3.8) is 0 Å². The van der Waals surface area contributed by atoms with Crippen LogP contribution < -0.4 is 5.73 Å². The number of ketones is 1. The fourth-order valence-electron chi connectivity index (χ4n) is 2.89. The Hall–Kier alpha value is -4.00. The highest BCUT2D eigenvalue weighted by atomic mass is 16.6. The van der Waals surface area contributed by atoms with Gasteiger partial charge in [0.1, 0.15) is 5.69 Å². The number of ether oxygens (including phenoxy) is 1. The van der Waals surface area contributed by atoms with Gasteiger partial charge in [0.15, 0.2) is 6.10 Å². The molecule has 0 saturated heterocycles. The van der Waals surface area contributed by atoms with Gasteiger partial charge in [-0.25, -0.2) is 4.79 Å². The Kier molecular flexibility index (Phi) is 5.92. The fourth-order valence-corrected chi connectivity index (χ4v) is 2.89. The Bertz CT molecular complexity index is 1110. The van der Waals surface area contributed by atoms with Gasteiger partial charge in [-0.15, -0.1) is 0 Å². The maximum absolute atomic E-state index is 13.1. The molecule has 3 aromatic carbocycles. The molecule has 3 aromatic rings. The number of carbonyl (C=O) groups is 2. The number of Topliss-reactive ketones (excluding diaryl/α,β-unsaturated/α-hetero) is 1. The number of rotatable bonds is 6. The van der Waals surface area contributed by atoms with Crippen molar-refractivity contribution in [2.75, 3.05) is 5.73 Å². The van der Waals surface area contributed by atoms with Gasteiger partial charge in [-0.3, -0.25) is 14.9 Å². The number of nitrogens with two attached hydrogens (primary N) is 1. The highest BCUT2D eigenvalue weighted by Gasteiger charge is 2.27. The Labute approximate surface area is 173 Å². The molecule has 7 nitrogen and oxygen atoms in total. The van der Waals surface area contributed by atoms with Gasteiger partial charge < -0.3 is 10.5 Å². The lowest BCUT2D eigenvalue weighted by molar-refractivity contribution is -0.383. The van der Waals surface area contributed by atoms with Crippen molar-refractivity contribution in [1.82, 2.24) is 0 Å². The van der Waals surface area contributed by atoms with E-state index in [1.807, 2.05) is 26.0 Å². The van der Waals surface area contributed by atoms with Gasteiger partial charge in [-0.2, -0.15) is 0 Å². The molecule has 0 aliphatic carbocycles. The average Bonchev–Trinajstić information content (AvgIpc) is 2.73. The highest BCUT2D eigenvalue weighted by Crippen LogP contribution is 2.27. The van der Waals surface area contributed by atoms with Crippen LogP contribution in [-0.4, -0.2) is 16.7 Å². The quantitative estimate of drug-likeness (QED) is 0.212. The molecular formula is C23H20N2O5. The minimum atomic E-state index is -1.20. The van der Waals surface area contributed by atoms with Crippen LogP contribution in [0.5, 0.6) is 0 Å². The molecule has 2 N–H and O–H groups in total. The van der Waals surface area contributed by atoms with E-state index in [0.717, 1.165) is 17.2 Å². The second-order valence-electron chi connectivity index (χ2n) is 6.96. The number of nitrogen functional groups attached to an aromatic ring is 1. The van der Waals surface area contributed by atoms with Gasteiger partial charge >= 0.3 is 5.97 Å². The summed E-state index contributed by atoms with van der Waals surface area (Å²) < 4.78 is 5.53. The zero-order valence-corrected chi connectivity index (χ0v) is 16.5. The van der Waals surface area contributed by atoms with Crippen LogP contribution in [0.3, 0.4) is 0 Å². The van der Waals surface area contributed by atoms with E-state index in [-0.39, 0.29) is 11.3 Å². The first-order chi connectivity index (χ1) is 14.3. The van der Waals surface area contributed by atoms with Crippen LogP contribution in [0.1, 0.15) is 43.5 Å². The summed E-state index contributed by atoms with van der Waals surface area (Å²) in [6.45, 7) is 3.81. The number of carbonyl (C=O) groups excluding carboxylic acids is 2. The molecule has 0 amide bonds. The van der Waals surface area contributed by atoms with E-state index < -0.39 is 28.5 Å². The first-order valence-electron chi connectivity index (χ1n) is 9.18. The summed E-state index contributed by atoms with van der Waals surface area (Å²) in [5, 5.41) is 11.1. The zero-order valence-electron chi connectivity index (χ0n) is 16.5. The second kappa shape index (κ2) is 8.57. The maximum Gasteiger partial charge on any atom is 0.339 e. The van der Waals surface area contributed by atoms with Crippen LogP contribution in [0.15, 0.2) is 66.7 Å². The maximum atomic E-state index is 13.1. The molecule has 30 heavy (non-hydrogen) atoms. The summed E-state index contributed by atoms with van der Waals surface area (Å²) >= 11 is 0. The van der Waals surface area contributed by atoms with Crippen LogP contribution in [0.4, 0.5) is 11.4 Å². The molecule has 0 aliphatic rings. The van der Waals surface area contributed by atoms with E-state index in [9.17, 15) is 19.7 Å². The van der Waals surface area contributed by atoms with Crippen LogP contribution in [0, 0.1) is 24.0 Å². The van der Waals surface area contributed by atoms with E-state index in [4.69, 9.17) is 10.5 Å². The van der Waals surface area contributed by atoms with Crippen molar-refractivity contribution in [2.45, 2.75) is 20.0 Å². The molecule has 0 radical (unpaired) electrons. The first kappa shape index (κ1) is 20.7. The van der Waals surface area contributed by atoms with E-state index in [0.29, 0.717) is 11.1 Å². The van der Waals surface area contributed by atoms with Crippen LogP contribution >= 0.6 is 0 Å². The largest absolute Gasteiger partial charge is 0.445 e. The number of nitro benzene ring substituents is 1. The van der Waals surface area contributed by atoms with E-state index in [1.54, 1.807) is 36.4 Å². The van der Waals surface area contributed by atoms with Crippen molar-refractivity contribution in [1.29, 1.82) is 0 Å². The van der Waals surface area contributed by atoms with E-state index in [1.165, 1.54) is 12.1 Å². The standard InChI is InChI=1S/C23H20N2O5/c1-14-3-7-16(8-4-14)21(26)22(17-9-5-15(2)6-10-17)30-23(27)18-11-12-19(24)20(13-18)25(28)29/h3-13,22H,24H2,1-2H3. The topological polar surface area (TPSA) is 113 Å². The molecule has 0 heterocycles. The van der Waals surface area contributed by atoms with Gasteiger partial charge in [0.2, 0.25) is 5.78 Å². The minimum absolute atomic E-state index is 0.0651. The number of benzene rings is 3. The lowest BCUT2D eigenvalue weighted by Gasteiger charge is -2.18. The average molecular weight is 404 g/mol. The summed E-state index contributed by atoms with van der Waals surface area (Å²) in [7, 11) is 0. The predicted octanol–water partition coefficient (Wildman–Crippen LogP) is 4.57. The van der Waals surface area contributed by atoms with E-state index in [2.05, 4.69) is 0 Å². The number of hydrogen-bond acceptors (Lipinski definition) is 6. The molecule has 1 unspecified atom stereocenters. The molecule has 3 rings (SSSR count). The predicted molar refractivity (Wildman–Crippen MR) is 112 cm³/mol. The number of nitro groups is 1. The SMILES string of the molecule is Cc1ccc(C(=O)C(OC(=O)c2ccc(N)c([N+](=O)[O-])c2)c2ccc(C)cc2)cc1. The summed E-state index contributed by atoms with van der Waals surface area (Å²) in [6.07, 6.45) is -1.20. The van der Waals surface area contributed by atoms with Gasteiger partial charge in [-0.1, -0.05) is 59.7 Å². The van der Waals surface area contributed by atoms with Crippen molar-refractivity contribution < 1.29 is 19.2 Å². The first-order valence-corrected chi connectivity index (χ1v) is 9.18. The summed E-state index contributed by atoms with van der Waals surface area (Å²) in [5.74, 6) is -1.25. The fraction of sp³-hybridized carbons (Fsp3) is 0.130. The Morgan fingerprint density at radius 3 is 2.00 bits per heavy atom. The number of aryl methyl sites for hydroxylation is 2. The molecule has 0 fully saturated rings. The molecule has 0 spiro atoms. The van der Waals surface area contributed by atoms with Gasteiger partial charge in [0, 0.05) is 17.2 Å². The highest BCUT2D eigenvalue weighted by molar-refractivity contribution is 6.02. The minimum Gasteiger partial charge on any atom is -0.445 e. The number of nitrogens with zero attached hydrogens (tertiary/aromatic N) is 1. The third-order valence-corrected chi connectivity index (χ3v) is 4.64. The summed E-state index contributed by atoms with van der Waals surface area (Å²) in [6, 6.07) is 17.6. The van der Waals surface area contributed by atoms with E-state index >= 15 is 0 Å². The van der Waals surface area contributed by atoms with Gasteiger partial charge in [-0.05, 0) is 26.0 Å². The Morgan fingerprint density at radius 2 is 1.43 bits per heavy atom. The van der Waals surface area contributed by atoms with Crippen molar-refractivity contribution in [3.8, 4) is 0 Å². The molecule has 0 bridgehead atoms. The number of esters is 1. The van der Waals surface area contributed by atoms with Crippen molar-refractivity contribution in [3.05, 3.63) is 105 Å². The molecule has 152 valence electrons. The zero-order chi connectivity index (χ0) is 21.8. The van der Waals surface area contributed by atoms with Gasteiger partial charge in [0.05, 0.1) is 10.5 Å². The summed E-state index contributed by atoms with van der Waals surface area (Å²) in [4.78, 5) is 36.3. The molecule has 7 heteroatoms. The van der Waals surface area contributed by atoms with Crippen molar-refractivity contribution >= 4 is 23.1 Å². The Morgan fingerprint density at radius 1 is 0.900 bits per heavy atom. The number of anilines is 1. The second-order valence-corrected chi connectivity index (χ2v) is 6.96. The Balaban J connectivity index is 1.96. The molecule has 0 aromatic heterocycles. The monoisotopic (exact) mass is 404 g/mol. The normalized spacial score (nSPS) is 11.5. The molecule has 0 aliphatic heterocycles. The molecule has 0 saturated carbocycles. The third kappa shape index (κ3) is 4.52. The summed E-state index contributed by atoms with van der Waals surface area (Å²) in [5.41, 5.74) is 7.92. The smallest absolute Gasteiger partial charge is 0.339 e. The molecule has 1 atom stereocenters. The van der Waals surface area contributed by atoms with Crippen LogP contribution in [0.2, 0.25) is 0 Å². The van der Waals surface area contributed by atoms with Crippen LogP contribution in [0.25, 0.3) is 0 Å².